The third kappa shape index (κ3) is 2.63. The van der Waals surface area contributed by atoms with Crippen LogP contribution in [0.1, 0.15) is 12.8 Å². The molecule has 0 amide bonds. The normalized spacial score (nSPS) is 13.4. The number of aromatic nitrogens is 1. The van der Waals surface area contributed by atoms with Crippen molar-refractivity contribution in [3.63, 3.8) is 0 Å². The molecule has 0 unspecified atom stereocenters. The molecule has 0 saturated carbocycles. The van der Waals surface area contributed by atoms with Crippen LogP contribution in [0.15, 0.2) is 28.8 Å². The largest absolute Gasteiger partial charge is 0.486 e. The number of nitrogens with one attached hydrogen (secondary N) is 1. The van der Waals surface area contributed by atoms with Gasteiger partial charge in [0.1, 0.15) is 13.2 Å². The Morgan fingerprint density at radius 3 is 3.05 bits per heavy atom. The van der Waals surface area contributed by atoms with Crippen LogP contribution < -0.4 is 14.8 Å². The van der Waals surface area contributed by atoms with Crippen molar-refractivity contribution >= 4 is 0 Å². The Balaban J connectivity index is 1.82. The zero-order valence-electron chi connectivity index (χ0n) is 11.5. The number of hydrogen-bond acceptors (Lipinski definition) is 5. The van der Waals surface area contributed by atoms with Gasteiger partial charge in [-0.1, -0.05) is 13.0 Å². The SMILES string of the molecule is CCNCCc1ncc(-c2cccc3c2OCCO3)o1. The Labute approximate surface area is 117 Å². The van der Waals surface area contributed by atoms with Crippen LogP contribution >= 0.6 is 0 Å². The van der Waals surface area contributed by atoms with Crippen LogP contribution in [0.5, 0.6) is 11.5 Å². The lowest BCUT2D eigenvalue weighted by molar-refractivity contribution is 0.172. The molecule has 106 valence electrons. The monoisotopic (exact) mass is 274 g/mol. The number of likely N-dealkylation sites (N-methyl/N-ethyl adjacent to an activating group) is 1. The van der Waals surface area contributed by atoms with Gasteiger partial charge in [-0.3, -0.25) is 0 Å². The highest BCUT2D eigenvalue weighted by atomic mass is 16.6. The zero-order chi connectivity index (χ0) is 13.8. The molecule has 3 rings (SSSR count). The fourth-order valence-corrected chi connectivity index (χ4v) is 2.19. The van der Waals surface area contributed by atoms with Gasteiger partial charge in [0.15, 0.2) is 23.1 Å². The van der Waals surface area contributed by atoms with E-state index in [9.17, 15) is 0 Å². The average Bonchev–Trinajstić information content (AvgIpc) is 2.96. The summed E-state index contributed by atoms with van der Waals surface area (Å²) in [6.45, 7) is 5.04. The van der Waals surface area contributed by atoms with Crippen LogP contribution in [-0.2, 0) is 6.42 Å². The summed E-state index contributed by atoms with van der Waals surface area (Å²) in [7, 11) is 0. The molecular weight excluding hydrogens is 256 g/mol. The van der Waals surface area contributed by atoms with E-state index in [-0.39, 0.29) is 0 Å². The van der Waals surface area contributed by atoms with E-state index < -0.39 is 0 Å². The van der Waals surface area contributed by atoms with Gasteiger partial charge < -0.3 is 19.2 Å². The molecule has 1 aromatic carbocycles. The minimum absolute atomic E-state index is 0.561. The maximum absolute atomic E-state index is 5.80. The van der Waals surface area contributed by atoms with Crippen molar-refractivity contribution in [2.45, 2.75) is 13.3 Å². The first-order valence-electron chi connectivity index (χ1n) is 6.93. The van der Waals surface area contributed by atoms with Gasteiger partial charge in [0.2, 0.25) is 0 Å². The van der Waals surface area contributed by atoms with E-state index in [4.69, 9.17) is 13.9 Å². The molecule has 5 nitrogen and oxygen atoms in total. The topological polar surface area (TPSA) is 56.5 Å². The third-order valence-corrected chi connectivity index (χ3v) is 3.15. The van der Waals surface area contributed by atoms with E-state index in [1.807, 2.05) is 18.2 Å². The summed E-state index contributed by atoms with van der Waals surface area (Å²) >= 11 is 0. The van der Waals surface area contributed by atoms with Crippen molar-refractivity contribution in [3.8, 4) is 22.8 Å². The number of ether oxygens (including phenoxy) is 2. The van der Waals surface area contributed by atoms with Crippen molar-refractivity contribution in [3.05, 3.63) is 30.3 Å². The molecule has 0 bridgehead atoms. The van der Waals surface area contributed by atoms with E-state index in [2.05, 4.69) is 17.2 Å². The van der Waals surface area contributed by atoms with Gasteiger partial charge in [-0.05, 0) is 18.7 Å². The second kappa shape index (κ2) is 5.96. The van der Waals surface area contributed by atoms with Crippen LogP contribution in [0, 0.1) is 0 Å². The molecule has 0 atom stereocenters. The van der Waals surface area contributed by atoms with Gasteiger partial charge in [-0.2, -0.15) is 0 Å². The summed E-state index contributed by atoms with van der Waals surface area (Å²) in [5.41, 5.74) is 0.893. The fourth-order valence-electron chi connectivity index (χ4n) is 2.19. The molecule has 1 aromatic heterocycles. The number of hydrogen-bond donors (Lipinski definition) is 1. The lowest BCUT2D eigenvalue weighted by atomic mass is 10.1. The molecular formula is C15H18N2O3. The summed E-state index contributed by atoms with van der Waals surface area (Å²) in [5.74, 6) is 2.96. The van der Waals surface area contributed by atoms with Crippen LogP contribution in [0.2, 0.25) is 0 Å². The number of nitrogens with zero attached hydrogens (tertiary/aromatic N) is 1. The van der Waals surface area contributed by atoms with Gasteiger partial charge >= 0.3 is 0 Å². The molecule has 1 aliphatic heterocycles. The van der Waals surface area contributed by atoms with Crippen LogP contribution in [0.3, 0.4) is 0 Å². The Kier molecular flexibility index (Phi) is 3.87. The molecule has 2 aromatic rings. The second-order valence-electron chi connectivity index (χ2n) is 4.55. The summed E-state index contributed by atoms with van der Waals surface area (Å²) in [6, 6.07) is 5.80. The van der Waals surface area contributed by atoms with Crippen molar-refractivity contribution in [1.29, 1.82) is 0 Å². The highest BCUT2D eigenvalue weighted by Crippen LogP contribution is 2.39. The van der Waals surface area contributed by atoms with Gasteiger partial charge in [0.25, 0.3) is 0 Å². The number of rotatable bonds is 5. The van der Waals surface area contributed by atoms with Gasteiger partial charge in [-0.15, -0.1) is 0 Å². The number of fused-ring (bicyclic) bond motifs is 1. The van der Waals surface area contributed by atoms with Crippen molar-refractivity contribution < 1.29 is 13.9 Å². The van der Waals surface area contributed by atoms with E-state index >= 15 is 0 Å². The van der Waals surface area contributed by atoms with Crippen molar-refractivity contribution in [1.82, 2.24) is 10.3 Å². The van der Waals surface area contributed by atoms with Gasteiger partial charge in [0, 0.05) is 13.0 Å². The molecule has 2 heterocycles. The molecule has 1 N–H and O–H groups in total. The summed E-state index contributed by atoms with van der Waals surface area (Å²) in [5, 5.41) is 3.25. The van der Waals surface area contributed by atoms with Crippen LogP contribution in [0.25, 0.3) is 11.3 Å². The molecule has 0 aliphatic carbocycles. The minimum atomic E-state index is 0.561. The number of para-hydroxylation sites is 1. The Morgan fingerprint density at radius 2 is 2.15 bits per heavy atom. The first kappa shape index (κ1) is 13.0. The quantitative estimate of drug-likeness (QED) is 0.848. The highest BCUT2D eigenvalue weighted by Gasteiger charge is 2.19. The van der Waals surface area contributed by atoms with Gasteiger partial charge in [-0.25, -0.2) is 4.98 Å². The zero-order valence-corrected chi connectivity index (χ0v) is 11.5. The average molecular weight is 274 g/mol. The smallest absolute Gasteiger partial charge is 0.196 e. The molecule has 5 heteroatoms. The molecule has 0 radical (unpaired) electrons. The Hall–Kier alpha value is -2.01. The first-order valence-corrected chi connectivity index (χ1v) is 6.93. The minimum Gasteiger partial charge on any atom is -0.486 e. The lowest BCUT2D eigenvalue weighted by Gasteiger charge is -2.19. The van der Waals surface area contributed by atoms with E-state index in [1.165, 1.54) is 0 Å². The number of benzene rings is 1. The fraction of sp³-hybridized carbons (Fsp3) is 0.400. The van der Waals surface area contributed by atoms with E-state index in [0.717, 1.165) is 48.2 Å². The maximum atomic E-state index is 5.80. The van der Waals surface area contributed by atoms with Crippen LogP contribution in [-0.4, -0.2) is 31.3 Å². The first-order chi connectivity index (χ1) is 9.88. The third-order valence-electron chi connectivity index (χ3n) is 3.15. The predicted octanol–water partition coefficient (Wildman–Crippen LogP) is 2.26. The molecule has 1 aliphatic rings. The predicted molar refractivity (Wildman–Crippen MR) is 75.2 cm³/mol. The lowest BCUT2D eigenvalue weighted by Crippen LogP contribution is -2.16. The molecule has 0 fully saturated rings. The molecule has 0 spiro atoms. The Bertz CT molecular complexity index is 580. The molecule has 0 saturated heterocycles. The van der Waals surface area contributed by atoms with Crippen molar-refractivity contribution in [2.24, 2.45) is 0 Å². The van der Waals surface area contributed by atoms with Crippen molar-refractivity contribution in [2.75, 3.05) is 26.3 Å². The maximum Gasteiger partial charge on any atom is 0.196 e. The van der Waals surface area contributed by atoms with Gasteiger partial charge in [0.05, 0.1) is 11.8 Å². The summed E-state index contributed by atoms with van der Waals surface area (Å²) in [6.07, 6.45) is 2.52. The summed E-state index contributed by atoms with van der Waals surface area (Å²) < 4.78 is 17.1. The Morgan fingerprint density at radius 1 is 1.25 bits per heavy atom. The van der Waals surface area contributed by atoms with Crippen LogP contribution in [0.4, 0.5) is 0 Å². The highest BCUT2D eigenvalue weighted by molar-refractivity contribution is 5.69. The van der Waals surface area contributed by atoms with E-state index in [0.29, 0.717) is 13.2 Å². The summed E-state index contributed by atoms with van der Waals surface area (Å²) in [4.78, 5) is 4.31. The van der Waals surface area contributed by atoms with E-state index in [1.54, 1.807) is 6.20 Å². The molecule has 20 heavy (non-hydrogen) atoms. The number of oxazole rings is 1. The second-order valence-corrected chi connectivity index (χ2v) is 4.55. The standard InChI is InChI=1S/C15H18N2O3/c1-2-16-7-6-14-17-10-13(20-14)11-4-3-5-12-15(11)19-9-8-18-12/h3-5,10,16H,2,6-9H2,1H3.